The zero-order chi connectivity index (χ0) is 38.9. The molecule has 59 heavy (non-hydrogen) atoms. The van der Waals surface area contributed by atoms with E-state index >= 15 is 0 Å². The van der Waals surface area contributed by atoms with E-state index < -0.39 is 0 Å². The van der Waals surface area contributed by atoms with Gasteiger partial charge in [-0.2, -0.15) is 0 Å². The lowest BCUT2D eigenvalue weighted by molar-refractivity contribution is 0.670. The third-order valence-corrected chi connectivity index (χ3v) is 13.0. The van der Waals surface area contributed by atoms with E-state index in [-0.39, 0.29) is 0 Å². The Bertz CT molecular complexity index is 3540. The summed E-state index contributed by atoms with van der Waals surface area (Å²) in [5.74, 6) is 0. The first kappa shape index (κ1) is 33.7. The molecule has 0 N–H and O–H groups in total. The van der Waals surface area contributed by atoms with E-state index in [0.29, 0.717) is 0 Å². The van der Waals surface area contributed by atoms with Crippen LogP contribution in [0.4, 0.5) is 17.1 Å². The Morgan fingerprint density at radius 2 is 0.949 bits per heavy atom. The Labute approximate surface area is 345 Å². The lowest BCUT2D eigenvalue weighted by Gasteiger charge is -2.27. The summed E-state index contributed by atoms with van der Waals surface area (Å²) in [6.45, 7) is 0. The van der Waals surface area contributed by atoms with E-state index in [0.717, 1.165) is 50.1 Å². The average Bonchev–Trinajstić information content (AvgIpc) is 3.88. The molecular weight excluding hydrogens is 735 g/mol. The van der Waals surface area contributed by atoms with Gasteiger partial charge in [-0.1, -0.05) is 158 Å². The smallest absolute Gasteiger partial charge is 0.145 e. The van der Waals surface area contributed by atoms with Gasteiger partial charge in [-0.3, -0.25) is 0 Å². The predicted molar refractivity (Wildman–Crippen MR) is 253 cm³/mol. The number of rotatable bonds is 6. The number of fused-ring (bicyclic) bond motifs is 9. The van der Waals surface area contributed by atoms with Gasteiger partial charge >= 0.3 is 0 Å². The van der Waals surface area contributed by atoms with Crippen molar-refractivity contribution in [3.63, 3.8) is 0 Å². The summed E-state index contributed by atoms with van der Waals surface area (Å²) in [7, 11) is 0. The van der Waals surface area contributed by atoms with Crippen molar-refractivity contribution in [2.24, 2.45) is 0 Å². The molecule has 0 spiro atoms. The summed E-state index contributed by atoms with van der Waals surface area (Å²) in [5, 5.41) is 9.75. The minimum absolute atomic E-state index is 0.869. The fourth-order valence-corrected chi connectivity index (χ4v) is 10.1. The zero-order valence-corrected chi connectivity index (χ0v) is 32.8. The summed E-state index contributed by atoms with van der Waals surface area (Å²) >= 11 is 1.86. The summed E-state index contributed by atoms with van der Waals surface area (Å²) in [6, 6.07) is 76.9. The van der Waals surface area contributed by atoms with Crippen molar-refractivity contribution in [3.05, 3.63) is 212 Å². The van der Waals surface area contributed by atoms with Gasteiger partial charge in [0, 0.05) is 42.5 Å². The molecule has 0 aliphatic heterocycles. The van der Waals surface area contributed by atoms with Crippen LogP contribution in [0.5, 0.6) is 0 Å². The largest absolute Gasteiger partial charge is 0.455 e. The molecule has 0 saturated carbocycles. The first-order valence-corrected chi connectivity index (χ1v) is 20.9. The Morgan fingerprint density at radius 1 is 0.356 bits per heavy atom. The molecule has 0 aliphatic carbocycles. The average molecular weight is 770 g/mol. The highest BCUT2D eigenvalue weighted by molar-refractivity contribution is 7.25. The first-order valence-electron chi connectivity index (χ1n) is 20.1. The fourth-order valence-electron chi connectivity index (χ4n) is 8.97. The van der Waals surface area contributed by atoms with E-state index in [1.165, 1.54) is 64.0 Å². The maximum Gasteiger partial charge on any atom is 0.145 e. The second kappa shape index (κ2) is 13.6. The molecule has 0 bridgehead atoms. The number of para-hydroxylation sites is 1. The van der Waals surface area contributed by atoms with Gasteiger partial charge in [0.05, 0.1) is 11.1 Å². The molecule has 0 fully saturated rings. The molecule has 0 radical (unpaired) electrons. The van der Waals surface area contributed by atoms with Gasteiger partial charge in [0.25, 0.3) is 0 Å². The molecule has 2 aromatic heterocycles. The van der Waals surface area contributed by atoms with Crippen molar-refractivity contribution in [1.29, 1.82) is 0 Å². The van der Waals surface area contributed by atoms with E-state index in [1.807, 2.05) is 11.3 Å². The van der Waals surface area contributed by atoms with Crippen LogP contribution in [0.25, 0.3) is 97.0 Å². The Balaban J connectivity index is 1.04. The number of anilines is 3. The standard InChI is InChI=1S/C56H35NOS/c1-2-10-36(11-3-1)37-18-20-40(21-19-37)47-32-33-51(55-50-15-6-8-16-52(50)58-56(47)55)57(44-29-31-46-42(34-44)23-22-39-12-4-5-13-45(39)46)43-27-24-38(25-28-43)41-26-30-49-48-14-7-9-17-53(48)59-54(49)35-41/h1-35H. The first-order chi connectivity index (χ1) is 29.2. The van der Waals surface area contributed by atoms with Gasteiger partial charge < -0.3 is 9.32 Å². The third-order valence-electron chi connectivity index (χ3n) is 11.9. The molecule has 0 aliphatic rings. The molecule has 10 aromatic carbocycles. The van der Waals surface area contributed by atoms with Gasteiger partial charge in [0.2, 0.25) is 0 Å². The number of benzene rings is 10. The highest BCUT2D eigenvalue weighted by Gasteiger charge is 2.23. The second-order valence-electron chi connectivity index (χ2n) is 15.3. The normalized spacial score (nSPS) is 11.7. The van der Waals surface area contributed by atoms with Gasteiger partial charge in [0.15, 0.2) is 0 Å². The number of hydrogen-bond donors (Lipinski definition) is 0. The van der Waals surface area contributed by atoms with E-state index in [2.05, 4.69) is 217 Å². The molecule has 2 nitrogen and oxygen atoms in total. The van der Waals surface area contributed by atoms with Crippen LogP contribution in [0.15, 0.2) is 217 Å². The molecule has 0 atom stereocenters. The van der Waals surface area contributed by atoms with Crippen LogP contribution in [0.3, 0.4) is 0 Å². The Hall–Kier alpha value is -7.46. The van der Waals surface area contributed by atoms with Crippen LogP contribution >= 0.6 is 11.3 Å². The Kier molecular flexibility index (Phi) is 7.75. The Morgan fingerprint density at radius 3 is 1.81 bits per heavy atom. The molecule has 2 heterocycles. The van der Waals surface area contributed by atoms with Crippen LogP contribution in [-0.4, -0.2) is 0 Å². The second-order valence-corrected chi connectivity index (χ2v) is 16.3. The minimum atomic E-state index is 0.869. The van der Waals surface area contributed by atoms with Crippen LogP contribution in [-0.2, 0) is 0 Å². The number of thiophene rings is 1. The third kappa shape index (κ3) is 5.62. The summed E-state index contributed by atoms with van der Waals surface area (Å²) in [6.07, 6.45) is 0. The van der Waals surface area contributed by atoms with Crippen molar-refractivity contribution < 1.29 is 4.42 Å². The molecular formula is C56H35NOS. The van der Waals surface area contributed by atoms with E-state index in [9.17, 15) is 0 Å². The van der Waals surface area contributed by atoms with Crippen LogP contribution < -0.4 is 4.90 Å². The summed E-state index contributed by atoms with van der Waals surface area (Å²) in [5.41, 5.74) is 11.9. The summed E-state index contributed by atoms with van der Waals surface area (Å²) in [4.78, 5) is 2.40. The van der Waals surface area contributed by atoms with Crippen molar-refractivity contribution in [2.45, 2.75) is 0 Å². The van der Waals surface area contributed by atoms with Gasteiger partial charge in [-0.05, 0) is 104 Å². The van der Waals surface area contributed by atoms with Gasteiger partial charge in [-0.15, -0.1) is 11.3 Å². The minimum Gasteiger partial charge on any atom is -0.455 e. The molecule has 12 aromatic rings. The lowest BCUT2D eigenvalue weighted by Crippen LogP contribution is -2.10. The van der Waals surface area contributed by atoms with Crippen LogP contribution in [0.2, 0.25) is 0 Å². The molecule has 0 amide bonds. The molecule has 3 heteroatoms. The van der Waals surface area contributed by atoms with Crippen LogP contribution in [0, 0.1) is 0 Å². The fraction of sp³-hybridized carbons (Fsp3) is 0. The maximum atomic E-state index is 6.84. The highest BCUT2D eigenvalue weighted by atomic mass is 32.1. The van der Waals surface area contributed by atoms with Crippen molar-refractivity contribution in [1.82, 2.24) is 0 Å². The number of nitrogens with zero attached hydrogens (tertiary/aromatic N) is 1. The topological polar surface area (TPSA) is 16.4 Å². The predicted octanol–water partition coefficient (Wildman–Crippen LogP) is 16.7. The maximum absolute atomic E-state index is 6.84. The van der Waals surface area contributed by atoms with Crippen molar-refractivity contribution >= 4 is 92.1 Å². The van der Waals surface area contributed by atoms with E-state index in [4.69, 9.17) is 4.42 Å². The van der Waals surface area contributed by atoms with Crippen molar-refractivity contribution in [3.8, 4) is 33.4 Å². The monoisotopic (exact) mass is 769 g/mol. The van der Waals surface area contributed by atoms with Crippen LogP contribution in [0.1, 0.15) is 0 Å². The molecule has 276 valence electrons. The van der Waals surface area contributed by atoms with Gasteiger partial charge in [0.1, 0.15) is 11.2 Å². The zero-order valence-electron chi connectivity index (χ0n) is 32.0. The lowest BCUT2D eigenvalue weighted by atomic mass is 9.97. The number of hydrogen-bond acceptors (Lipinski definition) is 3. The SMILES string of the molecule is c1ccc(-c2ccc(-c3ccc(N(c4ccc(-c5ccc6c(c5)sc5ccccc56)cc4)c4ccc5c(ccc6ccccc65)c4)c4c3oc3ccccc34)cc2)cc1. The van der Waals surface area contributed by atoms with Gasteiger partial charge in [-0.25, -0.2) is 0 Å². The van der Waals surface area contributed by atoms with Crippen molar-refractivity contribution in [2.75, 3.05) is 4.90 Å². The summed E-state index contributed by atoms with van der Waals surface area (Å²) < 4.78 is 9.47. The van der Waals surface area contributed by atoms with E-state index in [1.54, 1.807) is 0 Å². The molecule has 12 rings (SSSR count). The quantitative estimate of drug-likeness (QED) is 0.157. The highest BCUT2D eigenvalue weighted by Crippen LogP contribution is 2.47. The molecule has 0 unspecified atom stereocenters. The molecule has 0 saturated heterocycles. The number of furan rings is 1.